The number of rotatable bonds is 50. The first-order valence-corrected chi connectivity index (χ1v) is 28.2. The number of carbonyl (C=O) groups is 1. The molecule has 0 spiro atoms. The van der Waals surface area contributed by atoms with E-state index in [4.69, 9.17) is 0 Å². The van der Waals surface area contributed by atoms with E-state index in [1.807, 2.05) is 6.08 Å². The summed E-state index contributed by atoms with van der Waals surface area (Å²) in [5.74, 6) is -0.0989. The fourth-order valence-corrected chi connectivity index (χ4v) is 7.94. The lowest BCUT2D eigenvalue weighted by atomic mass is 10.0. The molecule has 0 bridgehead atoms. The molecular weight excluding hydrogens is 819 g/mol. The summed E-state index contributed by atoms with van der Waals surface area (Å²) in [4.78, 5) is 12.5. The predicted molar refractivity (Wildman–Crippen MR) is 299 cm³/mol. The molecule has 0 radical (unpaired) electrons. The molecule has 382 valence electrons. The molecule has 0 heterocycles. The number of hydrogen-bond donors (Lipinski definition) is 3. The largest absolute Gasteiger partial charge is 0.394 e. The minimum atomic E-state index is -0.864. The second kappa shape index (κ2) is 57.1. The molecule has 3 N–H and O–H groups in total. The second-order valence-corrected chi connectivity index (χ2v) is 18.6. The zero-order chi connectivity index (χ0) is 48.5. The normalized spacial score (nSPS) is 13.8. The van der Waals surface area contributed by atoms with Crippen LogP contribution in [-0.4, -0.2) is 34.9 Å². The third kappa shape index (κ3) is 53.6. The highest BCUT2D eigenvalue weighted by atomic mass is 16.3. The summed E-state index contributed by atoms with van der Waals surface area (Å²) in [6.07, 6.45) is 87.8. The second-order valence-electron chi connectivity index (χ2n) is 18.6. The number of amides is 1. The number of carbonyl (C=O) groups excluding carboxylic acids is 1. The number of aliphatic hydroxyl groups is 2. The van der Waals surface area contributed by atoms with E-state index in [1.165, 1.54) is 135 Å². The number of nitrogens with one attached hydrogen (secondary N) is 1. The first kappa shape index (κ1) is 63.8. The zero-order valence-electron chi connectivity index (χ0n) is 43.9. The summed E-state index contributed by atoms with van der Waals surface area (Å²) in [6, 6.07) is -0.651. The summed E-state index contributed by atoms with van der Waals surface area (Å²) >= 11 is 0. The van der Waals surface area contributed by atoms with Crippen LogP contribution in [0.3, 0.4) is 0 Å². The molecule has 2 atom stereocenters. The van der Waals surface area contributed by atoms with Gasteiger partial charge in [0.05, 0.1) is 18.8 Å². The lowest BCUT2D eigenvalue weighted by molar-refractivity contribution is -0.123. The van der Waals surface area contributed by atoms with Crippen LogP contribution in [0.25, 0.3) is 0 Å². The fraction of sp³-hybridized carbons (Fsp3) is 0.667. The van der Waals surface area contributed by atoms with Crippen molar-refractivity contribution >= 4 is 5.91 Å². The maximum absolute atomic E-state index is 12.5. The van der Waals surface area contributed by atoms with Crippen molar-refractivity contribution < 1.29 is 15.0 Å². The average molecular weight is 927 g/mol. The smallest absolute Gasteiger partial charge is 0.220 e. The minimum absolute atomic E-state index is 0.0989. The third-order valence-electron chi connectivity index (χ3n) is 12.2. The number of allylic oxidation sites excluding steroid dienone is 19. The summed E-state index contributed by atoms with van der Waals surface area (Å²) in [6.45, 7) is 4.19. The Bertz CT molecular complexity index is 1330. The van der Waals surface area contributed by atoms with Crippen LogP contribution >= 0.6 is 0 Å². The van der Waals surface area contributed by atoms with Gasteiger partial charge in [-0.05, 0) is 89.9 Å². The highest BCUT2D eigenvalue weighted by molar-refractivity contribution is 5.76. The Kier molecular flexibility index (Phi) is 54.4. The van der Waals surface area contributed by atoms with Gasteiger partial charge in [0.25, 0.3) is 0 Å². The quantitative estimate of drug-likeness (QED) is 0.0421. The first-order chi connectivity index (χ1) is 33.2. The van der Waals surface area contributed by atoms with Crippen LogP contribution in [0.15, 0.2) is 122 Å². The molecule has 0 aromatic heterocycles. The molecule has 4 heteroatoms. The van der Waals surface area contributed by atoms with Crippen LogP contribution in [0.2, 0.25) is 0 Å². The molecule has 0 aromatic carbocycles. The summed E-state index contributed by atoms with van der Waals surface area (Å²) in [5, 5.41) is 23.2. The van der Waals surface area contributed by atoms with E-state index in [-0.39, 0.29) is 12.5 Å². The van der Waals surface area contributed by atoms with Gasteiger partial charge in [0.2, 0.25) is 5.91 Å². The SMILES string of the molecule is CC/C=C\C/C=C\C/C=C\C/C=C\C/C=C\C/C=C\C/C=C\C/C=C\C/C=C\CCCCCC(=O)NC(CO)C(O)/C=C/CCCCCCCCCCCCCCCCCCCCCCCC. The van der Waals surface area contributed by atoms with Gasteiger partial charge in [-0.15, -0.1) is 0 Å². The van der Waals surface area contributed by atoms with Gasteiger partial charge in [-0.2, -0.15) is 0 Å². The Morgan fingerprint density at radius 1 is 0.373 bits per heavy atom. The molecule has 1 amide bonds. The van der Waals surface area contributed by atoms with Gasteiger partial charge in [0.1, 0.15) is 0 Å². The molecule has 0 saturated carbocycles. The van der Waals surface area contributed by atoms with Crippen molar-refractivity contribution in [2.45, 2.75) is 264 Å². The van der Waals surface area contributed by atoms with E-state index in [2.05, 4.69) is 129 Å². The van der Waals surface area contributed by atoms with E-state index in [1.54, 1.807) is 6.08 Å². The minimum Gasteiger partial charge on any atom is -0.394 e. The molecule has 0 rings (SSSR count). The van der Waals surface area contributed by atoms with Crippen molar-refractivity contribution in [2.24, 2.45) is 0 Å². The zero-order valence-corrected chi connectivity index (χ0v) is 43.9. The molecule has 0 saturated heterocycles. The van der Waals surface area contributed by atoms with Gasteiger partial charge in [-0.25, -0.2) is 0 Å². The average Bonchev–Trinajstić information content (AvgIpc) is 3.33. The van der Waals surface area contributed by atoms with E-state index < -0.39 is 12.1 Å². The molecule has 67 heavy (non-hydrogen) atoms. The van der Waals surface area contributed by atoms with Crippen LogP contribution in [0, 0.1) is 0 Å². The van der Waals surface area contributed by atoms with Crippen LogP contribution in [-0.2, 0) is 4.79 Å². The highest BCUT2D eigenvalue weighted by Crippen LogP contribution is 2.16. The van der Waals surface area contributed by atoms with E-state index in [0.717, 1.165) is 96.3 Å². The van der Waals surface area contributed by atoms with Gasteiger partial charge in [0, 0.05) is 6.42 Å². The van der Waals surface area contributed by atoms with Crippen LogP contribution in [0.5, 0.6) is 0 Å². The number of hydrogen-bond acceptors (Lipinski definition) is 3. The topological polar surface area (TPSA) is 69.6 Å². The van der Waals surface area contributed by atoms with Crippen molar-refractivity contribution in [3.05, 3.63) is 122 Å². The van der Waals surface area contributed by atoms with E-state index in [0.29, 0.717) is 6.42 Å². The number of unbranched alkanes of at least 4 members (excludes halogenated alkanes) is 25. The Balaban J connectivity index is 3.67. The lowest BCUT2D eigenvalue weighted by Gasteiger charge is -2.19. The predicted octanol–water partition coefficient (Wildman–Crippen LogP) is 18.9. The Hall–Kier alpha value is -3.21. The summed E-state index contributed by atoms with van der Waals surface area (Å²) < 4.78 is 0. The standard InChI is InChI=1S/C63H107NO3/c1-3-5-7-9-11-13-15-17-19-21-23-25-27-29-30-31-32-33-34-35-37-39-41-43-45-47-49-51-53-55-57-59-63(67)64-61(60-65)62(66)58-56-54-52-50-48-46-44-42-40-38-36-28-26-24-22-20-18-16-14-12-10-8-6-4-2/h5,7,11,13,17,19,23,25,29-30,32-33,35,37,41,43,47,49,56,58,61-62,65-66H,3-4,6,8-10,12,14-16,18,20-22,24,26-28,31,34,36,38-40,42,44-46,48,50-55,57,59-60H2,1-2H3,(H,64,67)/b7-5-,13-11-,19-17-,25-23-,30-29-,33-32-,37-35-,43-41-,49-47-,58-56+. The maximum Gasteiger partial charge on any atom is 0.220 e. The molecule has 0 aliphatic rings. The maximum atomic E-state index is 12.5. The third-order valence-corrected chi connectivity index (χ3v) is 12.2. The molecule has 4 nitrogen and oxygen atoms in total. The van der Waals surface area contributed by atoms with Gasteiger partial charge >= 0.3 is 0 Å². The van der Waals surface area contributed by atoms with Crippen molar-refractivity contribution in [1.29, 1.82) is 0 Å². The van der Waals surface area contributed by atoms with Crippen molar-refractivity contribution in [3.8, 4) is 0 Å². The molecule has 0 aliphatic heterocycles. The Morgan fingerprint density at radius 3 is 0.985 bits per heavy atom. The van der Waals surface area contributed by atoms with Gasteiger partial charge in [-0.3, -0.25) is 4.79 Å². The van der Waals surface area contributed by atoms with Crippen LogP contribution in [0.4, 0.5) is 0 Å². The van der Waals surface area contributed by atoms with Crippen molar-refractivity contribution in [2.75, 3.05) is 6.61 Å². The van der Waals surface area contributed by atoms with E-state index >= 15 is 0 Å². The Labute approximate surface area is 416 Å². The molecule has 0 aromatic rings. The summed E-state index contributed by atoms with van der Waals surface area (Å²) in [7, 11) is 0. The van der Waals surface area contributed by atoms with Crippen molar-refractivity contribution in [1.82, 2.24) is 5.32 Å². The number of aliphatic hydroxyl groups excluding tert-OH is 2. The summed E-state index contributed by atoms with van der Waals surface area (Å²) in [5.41, 5.74) is 0. The molecular formula is C63H107NO3. The van der Waals surface area contributed by atoms with Gasteiger partial charge in [0.15, 0.2) is 0 Å². The van der Waals surface area contributed by atoms with Crippen LogP contribution < -0.4 is 5.32 Å². The molecule has 0 fully saturated rings. The monoisotopic (exact) mass is 926 g/mol. The lowest BCUT2D eigenvalue weighted by Crippen LogP contribution is -2.45. The van der Waals surface area contributed by atoms with Gasteiger partial charge in [-0.1, -0.05) is 277 Å². The van der Waals surface area contributed by atoms with Crippen LogP contribution in [0.1, 0.15) is 251 Å². The Morgan fingerprint density at radius 2 is 0.657 bits per heavy atom. The fourth-order valence-electron chi connectivity index (χ4n) is 7.94. The molecule has 2 unspecified atom stereocenters. The highest BCUT2D eigenvalue weighted by Gasteiger charge is 2.18. The van der Waals surface area contributed by atoms with E-state index in [9.17, 15) is 15.0 Å². The van der Waals surface area contributed by atoms with Gasteiger partial charge < -0.3 is 15.5 Å². The first-order valence-electron chi connectivity index (χ1n) is 28.2. The molecule has 0 aliphatic carbocycles. The van der Waals surface area contributed by atoms with Crippen molar-refractivity contribution in [3.63, 3.8) is 0 Å².